The molecule has 0 amide bonds. The molecule has 1 aromatic rings. The van der Waals surface area contributed by atoms with Gasteiger partial charge in [0, 0.05) is 18.8 Å². The van der Waals surface area contributed by atoms with Crippen LogP contribution < -0.4 is 4.74 Å². The van der Waals surface area contributed by atoms with Crippen molar-refractivity contribution in [3.63, 3.8) is 0 Å². The lowest BCUT2D eigenvalue weighted by atomic mass is 10.1. The molecular formula is C16H24O4. The Morgan fingerprint density at radius 1 is 1.00 bits per heavy atom. The van der Waals surface area contributed by atoms with E-state index in [2.05, 4.69) is 0 Å². The predicted molar refractivity (Wildman–Crippen MR) is 78.2 cm³/mol. The number of Topliss-reactive ketones (excluding diaryl/α,β-unsaturated/α-hetero) is 1. The second-order valence-electron chi connectivity index (χ2n) is 4.40. The summed E-state index contributed by atoms with van der Waals surface area (Å²) in [6.45, 7) is 7.55. The standard InChI is InChI=1S/C16H24O4/c1-4-11-19-16(20-12-5-2)15(17)13-7-9-14(10-8-13)18-6-3/h7-10,16H,4-6,11-12H2,1-3H3. The number of carbonyl (C=O) groups excluding carboxylic acids is 1. The molecule has 0 bridgehead atoms. The van der Waals surface area contributed by atoms with Crippen LogP contribution in [0.15, 0.2) is 24.3 Å². The lowest BCUT2D eigenvalue weighted by Crippen LogP contribution is -2.28. The van der Waals surface area contributed by atoms with Crippen molar-refractivity contribution in [2.75, 3.05) is 19.8 Å². The minimum Gasteiger partial charge on any atom is -0.494 e. The summed E-state index contributed by atoms with van der Waals surface area (Å²) in [5, 5.41) is 0. The molecule has 4 nitrogen and oxygen atoms in total. The summed E-state index contributed by atoms with van der Waals surface area (Å²) in [5.41, 5.74) is 0.575. The van der Waals surface area contributed by atoms with Crippen molar-refractivity contribution in [1.82, 2.24) is 0 Å². The van der Waals surface area contributed by atoms with Gasteiger partial charge in [-0.2, -0.15) is 0 Å². The van der Waals surface area contributed by atoms with Gasteiger partial charge in [0.05, 0.1) is 6.61 Å². The van der Waals surface area contributed by atoms with Gasteiger partial charge in [0.1, 0.15) is 5.75 Å². The van der Waals surface area contributed by atoms with E-state index in [1.54, 1.807) is 24.3 Å². The SMILES string of the molecule is CCCOC(OCCC)C(=O)c1ccc(OCC)cc1. The van der Waals surface area contributed by atoms with E-state index in [-0.39, 0.29) is 5.78 Å². The molecule has 0 aliphatic rings. The molecule has 1 rings (SSSR count). The van der Waals surface area contributed by atoms with E-state index in [9.17, 15) is 4.79 Å². The quantitative estimate of drug-likeness (QED) is 0.486. The van der Waals surface area contributed by atoms with Crippen LogP contribution in [-0.2, 0) is 9.47 Å². The fourth-order valence-electron chi connectivity index (χ4n) is 1.67. The van der Waals surface area contributed by atoms with E-state index in [1.165, 1.54) is 0 Å². The van der Waals surface area contributed by atoms with Crippen LogP contribution in [0.25, 0.3) is 0 Å². The van der Waals surface area contributed by atoms with E-state index in [0.29, 0.717) is 25.4 Å². The second kappa shape index (κ2) is 9.50. The molecule has 0 N–H and O–H groups in total. The summed E-state index contributed by atoms with van der Waals surface area (Å²) >= 11 is 0. The van der Waals surface area contributed by atoms with Gasteiger partial charge in [0.25, 0.3) is 0 Å². The third-order valence-corrected chi connectivity index (χ3v) is 2.61. The monoisotopic (exact) mass is 280 g/mol. The minimum atomic E-state index is -0.812. The van der Waals surface area contributed by atoms with Gasteiger partial charge in [-0.15, -0.1) is 0 Å². The molecule has 0 aliphatic carbocycles. The molecule has 0 heterocycles. The van der Waals surface area contributed by atoms with Crippen molar-refractivity contribution < 1.29 is 19.0 Å². The Labute approximate surface area is 121 Å². The number of carbonyl (C=O) groups is 1. The lowest BCUT2D eigenvalue weighted by Gasteiger charge is -2.17. The Kier molecular flexibility index (Phi) is 7.92. The zero-order valence-electron chi connectivity index (χ0n) is 12.6. The molecular weight excluding hydrogens is 256 g/mol. The Morgan fingerprint density at radius 2 is 1.55 bits per heavy atom. The highest BCUT2D eigenvalue weighted by atomic mass is 16.7. The first-order valence-corrected chi connectivity index (χ1v) is 7.23. The van der Waals surface area contributed by atoms with Gasteiger partial charge in [-0.25, -0.2) is 0 Å². The predicted octanol–water partition coefficient (Wildman–Crippen LogP) is 3.45. The largest absolute Gasteiger partial charge is 0.494 e. The van der Waals surface area contributed by atoms with Crippen LogP contribution in [0.4, 0.5) is 0 Å². The summed E-state index contributed by atoms with van der Waals surface area (Å²) in [6, 6.07) is 7.05. The van der Waals surface area contributed by atoms with Crippen molar-refractivity contribution >= 4 is 5.78 Å². The Bertz CT molecular complexity index is 378. The normalized spacial score (nSPS) is 10.8. The summed E-state index contributed by atoms with van der Waals surface area (Å²) in [4.78, 5) is 12.3. The zero-order chi connectivity index (χ0) is 14.8. The highest BCUT2D eigenvalue weighted by Crippen LogP contribution is 2.15. The fourth-order valence-corrected chi connectivity index (χ4v) is 1.67. The van der Waals surface area contributed by atoms with Gasteiger partial charge < -0.3 is 14.2 Å². The Morgan fingerprint density at radius 3 is 2.00 bits per heavy atom. The number of benzene rings is 1. The first-order valence-electron chi connectivity index (χ1n) is 7.23. The maximum Gasteiger partial charge on any atom is 0.222 e. The molecule has 0 saturated heterocycles. The minimum absolute atomic E-state index is 0.144. The molecule has 112 valence electrons. The summed E-state index contributed by atoms with van der Waals surface area (Å²) in [7, 11) is 0. The number of ether oxygens (including phenoxy) is 3. The molecule has 0 radical (unpaired) electrons. The van der Waals surface area contributed by atoms with Crippen molar-refractivity contribution in [3.05, 3.63) is 29.8 Å². The molecule has 0 unspecified atom stereocenters. The van der Waals surface area contributed by atoms with Crippen molar-refractivity contribution in [3.8, 4) is 5.75 Å². The molecule has 0 saturated carbocycles. The van der Waals surface area contributed by atoms with Crippen LogP contribution in [0, 0.1) is 0 Å². The molecule has 0 spiro atoms. The maximum atomic E-state index is 12.3. The van der Waals surface area contributed by atoms with Gasteiger partial charge >= 0.3 is 0 Å². The third kappa shape index (κ3) is 5.31. The van der Waals surface area contributed by atoms with Crippen LogP contribution in [0.3, 0.4) is 0 Å². The Balaban J connectivity index is 2.71. The molecule has 20 heavy (non-hydrogen) atoms. The van der Waals surface area contributed by atoms with Crippen LogP contribution in [0.5, 0.6) is 5.75 Å². The van der Waals surface area contributed by atoms with E-state index >= 15 is 0 Å². The van der Waals surface area contributed by atoms with Crippen LogP contribution in [-0.4, -0.2) is 31.9 Å². The first-order chi connectivity index (χ1) is 9.72. The highest BCUT2D eigenvalue weighted by molar-refractivity contribution is 5.98. The lowest BCUT2D eigenvalue weighted by molar-refractivity contribution is -0.114. The fraction of sp³-hybridized carbons (Fsp3) is 0.562. The van der Waals surface area contributed by atoms with E-state index < -0.39 is 6.29 Å². The van der Waals surface area contributed by atoms with E-state index in [4.69, 9.17) is 14.2 Å². The van der Waals surface area contributed by atoms with Crippen molar-refractivity contribution in [1.29, 1.82) is 0 Å². The maximum absolute atomic E-state index is 12.3. The van der Waals surface area contributed by atoms with Crippen LogP contribution in [0.2, 0.25) is 0 Å². The molecule has 0 aromatic heterocycles. The van der Waals surface area contributed by atoms with Gasteiger partial charge in [-0.3, -0.25) is 4.79 Å². The second-order valence-corrected chi connectivity index (χ2v) is 4.40. The summed E-state index contributed by atoms with van der Waals surface area (Å²) in [6.07, 6.45) is 0.887. The highest BCUT2D eigenvalue weighted by Gasteiger charge is 2.21. The van der Waals surface area contributed by atoms with Gasteiger partial charge in [-0.1, -0.05) is 13.8 Å². The third-order valence-electron chi connectivity index (χ3n) is 2.61. The van der Waals surface area contributed by atoms with Gasteiger partial charge in [0.15, 0.2) is 0 Å². The summed E-state index contributed by atoms with van der Waals surface area (Å²) < 4.78 is 16.3. The molecule has 1 aromatic carbocycles. The topological polar surface area (TPSA) is 44.8 Å². The van der Waals surface area contributed by atoms with Crippen LogP contribution in [0.1, 0.15) is 44.0 Å². The average molecular weight is 280 g/mol. The van der Waals surface area contributed by atoms with Crippen LogP contribution >= 0.6 is 0 Å². The van der Waals surface area contributed by atoms with E-state index in [0.717, 1.165) is 18.6 Å². The summed E-state index contributed by atoms with van der Waals surface area (Å²) in [5.74, 6) is 0.611. The zero-order valence-corrected chi connectivity index (χ0v) is 12.6. The number of rotatable bonds is 10. The van der Waals surface area contributed by atoms with Gasteiger partial charge in [0.2, 0.25) is 12.1 Å². The number of ketones is 1. The molecule has 0 aliphatic heterocycles. The Hall–Kier alpha value is -1.39. The molecule has 4 heteroatoms. The number of hydrogen-bond donors (Lipinski definition) is 0. The smallest absolute Gasteiger partial charge is 0.222 e. The first kappa shape index (κ1) is 16.7. The number of hydrogen-bond acceptors (Lipinski definition) is 4. The molecule has 0 fully saturated rings. The van der Waals surface area contributed by atoms with Crippen molar-refractivity contribution in [2.45, 2.75) is 39.9 Å². The van der Waals surface area contributed by atoms with E-state index in [1.807, 2.05) is 20.8 Å². The average Bonchev–Trinajstić information content (AvgIpc) is 2.48. The van der Waals surface area contributed by atoms with Gasteiger partial charge in [-0.05, 0) is 44.0 Å². The van der Waals surface area contributed by atoms with Crippen molar-refractivity contribution in [2.24, 2.45) is 0 Å². The molecule has 0 atom stereocenters.